The summed E-state index contributed by atoms with van der Waals surface area (Å²) < 4.78 is 6.55. The second-order valence-electron chi connectivity index (χ2n) is 7.33. The summed E-state index contributed by atoms with van der Waals surface area (Å²) in [5.74, 6) is 0.668. The average Bonchev–Trinajstić information content (AvgIpc) is 3.15. The molecule has 0 aliphatic carbocycles. The van der Waals surface area contributed by atoms with Gasteiger partial charge in [-0.3, -0.25) is 25.0 Å². The zero-order valence-corrected chi connectivity index (χ0v) is 19.6. The van der Waals surface area contributed by atoms with Crippen molar-refractivity contribution in [3.05, 3.63) is 103 Å². The molecule has 0 amide bonds. The fourth-order valence-electron chi connectivity index (χ4n) is 3.50. The molecule has 8 nitrogen and oxygen atoms in total. The first-order valence-electron chi connectivity index (χ1n) is 10.0. The number of nitro groups is 1. The van der Waals surface area contributed by atoms with Crippen LogP contribution >= 0.6 is 23.2 Å². The molecule has 0 saturated heterocycles. The molecule has 4 aromatic rings. The fraction of sp³-hybridized carbons (Fsp3) is 0.0833. The molecule has 0 atom stereocenters. The van der Waals surface area contributed by atoms with Crippen molar-refractivity contribution in [2.24, 2.45) is 4.99 Å². The second kappa shape index (κ2) is 9.54. The summed E-state index contributed by atoms with van der Waals surface area (Å²) in [4.78, 5) is 28.6. The van der Waals surface area contributed by atoms with Crippen molar-refractivity contribution in [2.75, 3.05) is 7.11 Å². The molecule has 0 aliphatic rings. The molecule has 0 fully saturated rings. The molecule has 10 heteroatoms. The fourth-order valence-corrected chi connectivity index (χ4v) is 4.01. The zero-order chi connectivity index (χ0) is 24.4. The first-order valence-corrected chi connectivity index (χ1v) is 10.8. The minimum atomic E-state index is -0.498. The smallest absolute Gasteiger partial charge is 0.280 e. The van der Waals surface area contributed by atoms with Crippen molar-refractivity contribution in [1.29, 1.82) is 0 Å². The lowest BCUT2D eigenvalue weighted by molar-refractivity contribution is -0.384. The maximum absolute atomic E-state index is 13.5. The molecular weight excluding hydrogens is 479 g/mol. The van der Waals surface area contributed by atoms with Crippen LogP contribution in [0.2, 0.25) is 10.0 Å². The van der Waals surface area contributed by atoms with Crippen LogP contribution in [-0.4, -0.2) is 27.5 Å². The first kappa shape index (κ1) is 23.3. The second-order valence-corrected chi connectivity index (χ2v) is 8.20. The van der Waals surface area contributed by atoms with E-state index in [-0.39, 0.29) is 11.2 Å². The number of aromatic amines is 1. The van der Waals surface area contributed by atoms with Gasteiger partial charge in [-0.25, -0.2) is 4.68 Å². The van der Waals surface area contributed by atoms with E-state index >= 15 is 0 Å². The number of nitrogens with one attached hydrogen (secondary N) is 1. The molecule has 0 saturated carbocycles. The van der Waals surface area contributed by atoms with Crippen molar-refractivity contribution in [1.82, 2.24) is 9.78 Å². The number of hydrogen-bond donors (Lipinski definition) is 1. The van der Waals surface area contributed by atoms with Crippen LogP contribution in [0.1, 0.15) is 12.5 Å². The number of benzene rings is 3. The molecule has 34 heavy (non-hydrogen) atoms. The third-order valence-corrected chi connectivity index (χ3v) is 5.53. The SMILES string of the molecule is COc1ccc(-c2[nH]n(-c3ccc([N+](=O)[O-])cc3)c(=O)c2C(C)=Nc2cc(Cl)cc(Cl)c2)cc1. The van der Waals surface area contributed by atoms with E-state index in [4.69, 9.17) is 27.9 Å². The highest BCUT2D eigenvalue weighted by atomic mass is 35.5. The lowest BCUT2D eigenvalue weighted by atomic mass is 10.0. The van der Waals surface area contributed by atoms with Gasteiger partial charge in [-0.15, -0.1) is 0 Å². The summed E-state index contributed by atoms with van der Waals surface area (Å²) in [5.41, 5.74) is 2.52. The van der Waals surface area contributed by atoms with Crippen LogP contribution in [0.25, 0.3) is 16.9 Å². The van der Waals surface area contributed by atoms with Crippen LogP contribution in [0.4, 0.5) is 11.4 Å². The minimum Gasteiger partial charge on any atom is -0.497 e. The quantitative estimate of drug-likeness (QED) is 0.195. The first-order chi connectivity index (χ1) is 16.3. The maximum atomic E-state index is 13.5. The number of aliphatic imine (C=N–C) groups is 1. The topological polar surface area (TPSA) is 103 Å². The van der Waals surface area contributed by atoms with E-state index in [1.54, 1.807) is 44.4 Å². The number of nitrogens with zero attached hydrogens (tertiary/aromatic N) is 3. The zero-order valence-electron chi connectivity index (χ0n) is 18.1. The van der Waals surface area contributed by atoms with Gasteiger partial charge in [0.05, 0.1) is 40.4 Å². The van der Waals surface area contributed by atoms with E-state index < -0.39 is 4.92 Å². The van der Waals surface area contributed by atoms with Crippen molar-refractivity contribution in [3.8, 4) is 22.7 Å². The predicted molar refractivity (Wildman–Crippen MR) is 133 cm³/mol. The highest BCUT2D eigenvalue weighted by Gasteiger charge is 2.20. The minimum absolute atomic E-state index is 0.0745. The van der Waals surface area contributed by atoms with E-state index in [1.807, 2.05) is 12.1 Å². The Kier molecular flexibility index (Phi) is 6.54. The van der Waals surface area contributed by atoms with Gasteiger partial charge in [0.25, 0.3) is 11.2 Å². The molecule has 1 aromatic heterocycles. The van der Waals surface area contributed by atoms with Gasteiger partial charge in [-0.05, 0) is 61.5 Å². The highest BCUT2D eigenvalue weighted by Crippen LogP contribution is 2.28. The number of ether oxygens (including phenoxy) is 1. The predicted octanol–water partition coefficient (Wildman–Crippen LogP) is 6.20. The average molecular weight is 497 g/mol. The van der Waals surface area contributed by atoms with Crippen molar-refractivity contribution < 1.29 is 9.66 Å². The molecular formula is C24H18Cl2N4O4. The normalized spacial score (nSPS) is 11.5. The summed E-state index contributed by atoms with van der Waals surface area (Å²) in [6.07, 6.45) is 0. The number of H-pyrrole nitrogens is 1. The summed E-state index contributed by atoms with van der Waals surface area (Å²) in [7, 11) is 1.57. The number of hydrogen-bond acceptors (Lipinski definition) is 5. The number of aromatic nitrogens is 2. The van der Waals surface area contributed by atoms with E-state index in [2.05, 4.69) is 10.1 Å². The van der Waals surface area contributed by atoms with Crippen LogP contribution in [0, 0.1) is 10.1 Å². The molecule has 0 spiro atoms. The van der Waals surface area contributed by atoms with Gasteiger partial charge < -0.3 is 4.74 Å². The monoisotopic (exact) mass is 496 g/mol. The Hall–Kier alpha value is -3.88. The summed E-state index contributed by atoms with van der Waals surface area (Å²) in [5, 5.41) is 15.0. The molecule has 1 heterocycles. The Bertz CT molecular complexity index is 1440. The molecule has 3 aromatic carbocycles. The molecule has 4 rings (SSSR count). The van der Waals surface area contributed by atoms with Crippen LogP contribution in [0.3, 0.4) is 0 Å². The van der Waals surface area contributed by atoms with Gasteiger partial charge in [0.2, 0.25) is 0 Å². The Balaban J connectivity index is 1.90. The Morgan fingerprint density at radius 3 is 2.21 bits per heavy atom. The van der Waals surface area contributed by atoms with E-state index in [9.17, 15) is 14.9 Å². The van der Waals surface area contributed by atoms with Gasteiger partial charge >= 0.3 is 0 Å². The van der Waals surface area contributed by atoms with Crippen LogP contribution in [-0.2, 0) is 0 Å². The standard InChI is InChI=1S/C24H18Cl2N4O4/c1-14(27-18-12-16(25)11-17(26)13-18)22-23(15-3-9-21(34-2)10-4-15)28-29(24(22)31)19-5-7-20(8-6-19)30(32)33/h3-13,28H,1-2H3. The van der Waals surface area contributed by atoms with E-state index in [1.165, 1.54) is 28.9 Å². The van der Waals surface area contributed by atoms with Crippen LogP contribution in [0.5, 0.6) is 5.75 Å². The van der Waals surface area contributed by atoms with Crippen LogP contribution in [0.15, 0.2) is 76.5 Å². The third kappa shape index (κ3) is 4.73. The van der Waals surface area contributed by atoms with Gasteiger partial charge in [-0.1, -0.05) is 23.2 Å². The number of rotatable bonds is 6. The molecule has 0 bridgehead atoms. The number of nitro benzene ring substituents is 1. The van der Waals surface area contributed by atoms with Gasteiger partial charge in [0.15, 0.2) is 0 Å². The number of halogens is 2. The van der Waals surface area contributed by atoms with Crippen molar-refractivity contribution in [2.45, 2.75) is 6.92 Å². The lowest BCUT2D eigenvalue weighted by Gasteiger charge is -2.05. The van der Waals surface area contributed by atoms with Gasteiger partial charge in [0, 0.05) is 27.7 Å². The Labute approximate surface area is 204 Å². The van der Waals surface area contributed by atoms with Crippen molar-refractivity contribution >= 4 is 40.3 Å². The lowest BCUT2D eigenvalue weighted by Crippen LogP contribution is -2.19. The van der Waals surface area contributed by atoms with Gasteiger partial charge in [-0.2, -0.15) is 0 Å². The van der Waals surface area contributed by atoms with Crippen molar-refractivity contribution in [3.63, 3.8) is 0 Å². The highest BCUT2D eigenvalue weighted by molar-refractivity contribution is 6.35. The third-order valence-electron chi connectivity index (χ3n) is 5.09. The van der Waals surface area contributed by atoms with Gasteiger partial charge in [0.1, 0.15) is 5.75 Å². The Morgan fingerprint density at radius 2 is 1.65 bits per heavy atom. The van der Waals surface area contributed by atoms with Crippen LogP contribution < -0.4 is 10.3 Å². The maximum Gasteiger partial charge on any atom is 0.280 e. The summed E-state index contributed by atoms with van der Waals surface area (Å²) in [6.45, 7) is 1.71. The molecule has 0 aliphatic heterocycles. The van der Waals surface area contributed by atoms with E-state index in [0.717, 1.165) is 5.56 Å². The molecule has 0 unspecified atom stereocenters. The summed E-state index contributed by atoms with van der Waals surface area (Å²) in [6, 6.07) is 17.8. The Morgan fingerprint density at radius 1 is 1.03 bits per heavy atom. The molecule has 0 radical (unpaired) electrons. The number of methoxy groups -OCH3 is 1. The largest absolute Gasteiger partial charge is 0.497 e. The number of non-ortho nitro benzene ring substituents is 1. The van der Waals surface area contributed by atoms with E-state index in [0.29, 0.717) is 44.1 Å². The molecule has 172 valence electrons. The molecule has 1 N–H and O–H groups in total. The summed E-state index contributed by atoms with van der Waals surface area (Å²) >= 11 is 12.2.